The molecule has 0 bridgehead atoms. The molecule has 3 aromatic rings. The quantitative estimate of drug-likeness (QED) is 0.534. The number of likely N-dealkylation sites (N-methyl/N-ethyl adjacent to an activating group) is 1. The van der Waals surface area contributed by atoms with E-state index in [1.54, 1.807) is 16.8 Å². The summed E-state index contributed by atoms with van der Waals surface area (Å²) in [7, 11) is 2.14. The van der Waals surface area contributed by atoms with E-state index in [9.17, 15) is 9.90 Å². The van der Waals surface area contributed by atoms with Crippen molar-refractivity contribution >= 4 is 17.5 Å². The molecule has 0 aromatic carbocycles. The maximum Gasteiger partial charge on any atom is 0.326 e. The Morgan fingerprint density at radius 2 is 2.10 bits per heavy atom. The molecule has 1 aliphatic carbocycles. The van der Waals surface area contributed by atoms with E-state index in [0.717, 1.165) is 56.7 Å². The van der Waals surface area contributed by atoms with Gasteiger partial charge in [0.05, 0.1) is 12.2 Å². The molecule has 1 aliphatic heterocycles. The van der Waals surface area contributed by atoms with E-state index in [1.165, 1.54) is 0 Å². The zero-order valence-electron chi connectivity index (χ0n) is 16.3. The molecule has 29 heavy (non-hydrogen) atoms. The van der Waals surface area contributed by atoms with E-state index >= 15 is 0 Å². The molecule has 4 heterocycles. The Morgan fingerprint density at radius 3 is 2.86 bits per heavy atom. The minimum absolute atomic E-state index is 0.205. The fraction of sp³-hybridized carbons (Fsp3) is 0.474. The van der Waals surface area contributed by atoms with Gasteiger partial charge < -0.3 is 19.9 Å². The minimum Gasteiger partial charge on any atom is -0.493 e. The molecule has 0 unspecified atom stereocenters. The lowest BCUT2D eigenvalue weighted by Crippen LogP contribution is -2.31. The summed E-state index contributed by atoms with van der Waals surface area (Å²) in [5, 5.41) is 15.1. The molecule has 0 spiro atoms. The maximum atomic E-state index is 11.5. The molecule has 5 rings (SSSR count). The molecule has 0 radical (unpaired) electrons. The Morgan fingerprint density at radius 1 is 1.24 bits per heavy atom. The predicted molar refractivity (Wildman–Crippen MR) is 108 cm³/mol. The third-order valence-electron chi connectivity index (χ3n) is 5.41. The largest absolute Gasteiger partial charge is 0.493 e. The van der Waals surface area contributed by atoms with Crippen molar-refractivity contribution in [2.24, 2.45) is 4.99 Å². The van der Waals surface area contributed by atoms with E-state index in [4.69, 9.17) is 9.98 Å². The molecule has 0 atom stereocenters. The molecule has 2 fully saturated rings. The van der Waals surface area contributed by atoms with E-state index < -0.39 is 5.69 Å². The molecule has 10 heteroatoms. The SMILES string of the molecule is CN1CCCN(c2cc(=NC3CC3)n3nc/c(=C/c4[nH]c(=O)[nH]c4O)c3n2)CC1. The topological polar surface area (TPSA) is 118 Å². The monoisotopic (exact) mass is 396 g/mol. The summed E-state index contributed by atoms with van der Waals surface area (Å²) < 4.78 is 1.74. The number of aromatic amines is 2. The highest BCUT2D eigenvalue weighted by molar-refractivity contribution is 5.58. The molecule has 152 valence electrons. The number of anilines is 1. The van der Waals surface area contributed by atoms with Crippen LogP contribution in [0.1, 0.15) is 25.0 Å². The van der Waals surface area contributed by atoms with Crippen LogP contribution in [0.25, 0.3) is 11.7 Å². The van der Waals surface area contributed by atoms with Crippen molar-refractivity contribution in [3.8, 4) is 5.88 Å². The molecule has 3 aromatic heterocycles. The summed E-state index contributed by atoms with van der Waals surface area (Å²) >= 11 is 0. The second-order valence-electron chi connectivity index (χ2n) is 7.80. The van der Waals surface area contributed by atoms with Crippen molar-refractivity contribution in [3.63, 3.8) is 0 Å². The van der Waals surface area contributed by atoms with Crippen molar-refractivity contribution in [2.45, 2.75) is 25.3 Å². The van der Waals surface area contributed by atoms with Gasteiger partial charge in [0.25, 0.3) is 0 Å². The van der Waals surface area contributed by atoms with Crippen molar-refractivity contribution in [2.75, 3.05) is 38.1 Å². The van der Waals surface area contributed by atoms with Gasteiger partial charge in [0.15, 0.2) is 11.1 Å². The average Bonchev–Trinajstić information content (AvgIpc) is 3.38. The second kappa shape index (κ2) is 7.03. The van der Waals surface area contributed by atoms with Gasteiger partial charge in [-0.05, 0) is 38.9 Å². The zero-order valence-corrected chi connectivity index (χ0v) is 16.3. The lowest BCUT2D eigenvalue weighted by molar-refractivity contribution is 0.360. The Kier molecular flexibility index (Phi) is 4.35. The second-order valence-corrected chi connectivity index (χ2v) is 7.80. The molecular weight excluding hydrogens is 372 g/mol. The lowest BCUT2D eigenvalue weighted by Gasteiger charge is -2.21. The number of aromatic nitrogens is 5. The first kappa shape index (κ1) is 17.9. The van der Waals surface area contributed by atoms with Gasteiger partial charge in [0, 0.05) is 30.9 Å². The fourth-order valence-electron chi connectivity index (χ4n) is 3.62. The lowest BCUT2D eigenvalue weighted by atomic mass is 10.3. The first-order valence-electron chi connectivity index (χ1n) is 9.96. The third kappa shape index (κ3) is 3.63. The molecule has 0 amide bonds. The summed E-state index contributed by atoms with van der Waals surface area (Å²) in [4.78, 5) is 30.7. The van der Waals surface area contributed by atoms with Crippen LogP contribution in [0.15, 0.2) is 22.1 Å². The van der Waals surface area contributed by atoms with E-state index in [1.807, 2.05) is 6.07 Å². The van der Waals surface area contributed by atoms with Crippen LogP contribution in [-0.2, 0) is 0 Å². The van der Waals surface area contributed by atoms with Gasteiger partial charge in [-0.15, -0.1) is 0 Å². The normalized spacial score (nSPS) is 20.0. The zero-order chi connectivity index (χ0) is 20.0. The maximum absolute atomic E-state index is 11.5. The summed E-state index contributed by atoms with van der Waals surface area (Å²) in [6.07, 6.45) is 6.64. The standard InChI is InChI=1S/C19H24N8O2/c1-25-5-2-6-26(8-7-25)15-10-16(21-13-3-4-13)27-17(23-15)12(11-20-27)9-14-18(28)24-19(29)22-14/h9-11,13,28H,2-8H2,1H3,(H2,22,24,29)/b12-9-,21-16?. The van der Waals surface area contributed by atoms with Crippen molar-refractivity contribution in [3.05, 3.63) is 39.1 Å². The summed E-state index contributed by atoms with van der Waals surface area (Å²) in [5.74, 6) is 0.679. The highest BCUT2D eigenvalue weighted by Gasteiger charge is 2.21. The van der Waals surface area contributed by atoms with Gasteiger partial charge in [-0.1, -0.05) is 0 Å². The van der Waals surface area contributed by atoms with Crippen molar-refractivity contribution in [1.29, 1.82) is 0 Å². The van der Waals surface area contributed by atoms with Crippen LogP contribution in [0.2, 0.25) is 0 Å². The van der Waals surface area contributed by atoms with Gasteiger partial charge in [-0.2, -0.15) is 9.61 Å². The molecular formula is C19H24N8O2. The van der Waals surface area contributed by atoms with Crippen LogP contribution >= 0.6 is 0 Å². The van der Waals surface area contributed by atoms with Gasteiger partial charge in [0.1, 0.15) is 11.5 Å². The molecule has 1 saturated heterocycles. The van der Waals surface area contributed by atoms with Gasteiger partial charge >= 0.3 is 5.69 Å². The number of fused-ring (bicyclic) bond motifs is 1. The highest BCUT2D eigenvalue weighted by Crippen LogP contribution is 2.22. The van der Waals surface area contributed by atoms with E-state index in [0.29, 0.717) is 22.6 Å². The van der Waals surface area contributed by atoms with Crippen molar-refractivity contribution in [1.82, 2.24) is 29.5 Å². The first-order chi connectivity index (χ1) is 14.1. The van der Waals surface area contributed by atoms with E-state index in [2.05, 4.69) is 31.9 Å². The Balaban J connectivity index is 1.67. The number of aromatic hydroxyl groups is 1. The Labute approximate surface area is 166 Å². The van der Waals surface area contributed by atoms with Crippen LogP contribution in [-0.4, -0.2) is 73.8 Å². The minimum atomic E-state index is -0.461. The number of nitrogens with zero attached hydrogens (tertiary/aromatic N) is 6. The van der Waals surface area contributed by atoms with Crippen LogP contribution in [0.4, 0.5) is 5.82 Å². The molecule has 10 nitrogen and oxygen atoms in total. The first-order valence-corrected chi connectivity index (χ1v) is 9.96. The number of H-pyrrole nitrogens is 2. The highest BCUT2D eigenvalue weighted by atomic mass is 16.3. The summed E-state index contributed by atoms with van der Waals surface area (Å²) in [5.41, 5.74) is 1.28. The van der Waals surface area contributed by atoms with E-state index in [-0.39, 0.29) is 5.88 Å². The van der Waals surface area contributed by atoms with Crippen LogP contribution in [0, 0.1) is 0 Å². The van der Waals surface area contributed by atoms with Crippen molar-refractivity contribution < 1.29 is 5.11 Å². The van der Waals surface area contributed by atoms with Gasteiger partial charge in [-0.3, -0.25) is 9.98 Å². The predicted octanol–water partition coefficient (Wildman–Crippen LogP) is -0.796. The van der Waals surface area contributed by atoms with Crippen LogP contribution in [0.3, 0.4) is 0 Å². The average molecular weight is 396 g/mol. The molecule has 1 saturated carbocycles. The van der Waals surface area contributed by atoms with Crippen LogP contribution in [0.5, 0.6) is 5.88 Å². The van der Waals surface area contributed by atoms with Gasteiger partial charge in [0.2, 0.25) is 5.88 Å². The number of hydrogen-bond acceptors (Lipinski definition) is 7. The Bertz CT molecular complexity index is 1220. The number of imidazole rings is 1. The van der Waals surface area contributed by atoms with Crippen LogP contribution < -0.4 is 21.3 Å². The number of nitrogens with one attached hydrogen (secondary N) is 2. The smallest absolute Gasteiger partial charge is 0.326 e. The summed E-state index contributed by atoms with van der Waals surface area (Å²) in [6.45, 7) is 3.90. The number of hydrogen-bond donors (Lipinski definition) is 3. The molecule has 2 aliphatic rings. The summed E-state index contributed by atoms with van der Waals surface area (Å²) in [6, 6.07) is 2.37. The fourth-order valence-corrected chi connectivity index (χ4v) is 3.62. The Hall–Kier alpha value is -3.14. The third-order valence-corrected chi connectivity index (χ3v) is 5.41. The van der Waals surface area contributed by atoms with Gasteiger partial charge in [-0.25, -0.2) is 9.78 Å². The number of rotatable bonds is 3. The molecule has 3 N–H and O–H groups in total.